The van der Waals surface area contributed by atoms with Crippen LogP contribution in [0.4, 0.5) is 0 Å². The first kappa shape index (κ1) is 14.9. The van der Waals surface area contributed by atoms with E-state index in [2.05, 4.69) is 10.6 Å². The molecule has 18 heavy (non-hydrogen) atoms. The third kappa shape index (κ3) is 5.44. The average Bonchev–Trinajstić information content (AvgIpc) is 2.57. The summed E-state index contributed by atoms with van der Waals surface area (Å²) >= 11 is 0. The summed E-state index contributed by atoms with van der Waals surface area (Å²) in [5.41, 5.74) is 0. The van der Waals surface area contributed by atoms with Crippen LogP contribution in [0.25, 0.3) is 0 Å². The minimum Gasteiger partial charge on any atom is -0.480 e. The number of carbonyl (C=O) groups excluding carboxylic acids is 1. The molecule has 104 valence electrons. The van der Waals surface area contributed by atoms with Crippen LogP contribution < -0.4 is 10.6 Å². The van der Waals surface area contributed by atoms with Crippen LogP contribution in [0.15, 0.2) is 0 Å². The number of aliphatic hydroxyl groups excluding tert-OH is 1. The first-order chi connectivity index (χ1) is 8.63. The van der Waals surface area contributed by atoms with Crippen LogP contribution in [0.3, 0.4) is 0 Å². The molecule has 0 bridgehead atoms. The Balaban J connectivity index is 2.36. The molecule has 1 aliphatic rings. The van der Waals surface area contributed by atoms with Gasteiger partial charge in [0.15, 0.2) is 0 Å². The first-order valence-electron chi connectivity index (χ1n) is 6.19. The lowest BCUT2D eigenvalue weighted by atomic mass is 10.2. The predicted octanol–water partition coefficient (Wildman–Crippen LogP) is -1.77. The van der Waals surface area contributed by atoms with Crippen LogP contribution in [-0.4, -0.2) is 72.4 Å². The van der Waals surface area contributed by atoms with Gasteiger partial charge in [-0.3, -0.25) is 9.69 Å². The van der Waals surface area contributed by atoms with Gasteiger partial charge < -0.3 is 20.8 Å². The lowest BCUT2D eigenvalue weighted by Gasteiger charge is -2.20. The summed E-state index contributed by atoms with van der Waals surface area (Å²) in [5.74, 6) is -1.42. The van der Waals surface area contributed by atoms with Crippen LogP contribution >= 0.6 is 0 Å². The van der Waals surface area contributed by atoms with E-state index in [1.165, 1.54) is 0 Å². The Kier molecular flexibility index (Phi) is 6.63. The lowest BCUT2D eigenvalue weighted by Crippen LogP contribution is -2.46. The summed E-state index contributed by atoms with van der Waals surface area (Å²) in [6.07, 6.45) is 1.01. The van der Waals surface area contributed by atoms with E-state index in [0.29, 0.717) is 0 Å². The SMILES string of the molecule is O=C(CN1CCCNCC1)NC(CCO)C(=O)O. The van der Waals surface area contributed by atoms with Gasteiger partial charge in [0.2, 0.25) is 5.91 Å². The van der Waals surface area contributed by atoms with E-state index >= 15 is 0 Å². The monoisotopic (exact) mass is 259 g/mol. The molecule has 1 rings (SSSR count). The minimum absolute atomic E-state index is 0.0304. The highest BCUT2D eigenvalue weighted by Crippen LogP contribution is 1.96. The molecule has 1 unspecified atom stereocenters. The van der Waals surface area contributed by atoms with Gasteiger partial charge in [0.05, 0.1) is 6.54 Å². The van der Waals surface area contributed by atoms with Crippen molar-refractivity contribution in [2.75, 3.05) is 39.3 Å². The van der Waals surface area contributed by atoms with E-state index in [4.69, 9.17) is 10.2 Å². The van der Waals surface area contributed by atoms with Crippen LogP contribution in [0.2, 0.25) is 0 Å². The van der Waals surface area contributed by atoms with Gasteiger partial charge in [0.1, 0.15) is 6.04 Å². The molecule has 1 fully saturated rings. The number of carbonyl (C=O) groups is 2. The van der Waals surface area contributed by atoms with Crippen molar-refractivity contribution in [3.05, 3.63) is 0 Å². The molecule has 0 spiro atoms. The molecule has 1 heterocycles. The van der Waals surface area contributed by atoms with Crippen LogP contribution in [0.5, 0.6) is 0 Å². The number of rotatable bonds is 6. The van der Waals surface area contributed by atoms with Crippen LogP contribution in [0.1, 0.15) is 12.8 Å². The Morgan fingerprint density at radius 1 is 1.33 bits per heavy atom. The Labute approximate surface area is 106 Å². The lowest BCUT2D eigenvalue weighted by molar-refractivity contribution is -0.142. The Bertz CT molecular complexity index is 277. The number of hydrogen-bond donors (Lipinski definition) is 4. The average molecular weight is 259 g/mol. The van der Waals surface area contributed by atoms with E-state index in [-0.39, 0.29) is 25.5 Å². The molecule has 0 radical (unpaired) electrons. The molecule has 0 saturated carbocycles. The van der Waals surface area contributed by atoms with Crippen LogP contribution in [0, 0.1) is 0 Å². The van der Waals surface area contributed by atoms with Crippen molar-refractivity contribution >= 4 is 11.9 Å². The third-order valence-corrected chi connectivity index (χ3v) is 2.85. The van der Waals surface area contributed by atoms with Crippen molar-refractivity contribution in [3.63, 3.8) is 0 Å². The molecule has 1 atom stereocenters. The number of amides is 1. The van der Waals surface area contributed by atoms with E-state index in [1.807, 2.05) is 4.90 Å². The minimum atomic E-state index is -1.12. The summed E-state index contributed by atoms with van der Waals surface area (Å²) in [5, 5.41) is 23.2. The van der Waals surface area contributed by atoms with Crippen molar-refractivity contribution in [1.29, 1.82) is 0 Å². The molecule has 7 heteroatoms. The van der Waals surface area contributed by atoms with Gasteiger partial charge in [0.25, 0.3) is 0 Å². The maximum Gasteiger partial charge on any atom is 0.326 e. The second kappa shape index (κ2) is 8.02. The number of carboxylic acids is 1. The zero-order chi connectivity index (χ0) is 13.4. The fourth-order valence-electron chi connectivity index (χ4n) is 1.89. The molecule has 0 aromatic rings. The number of hydrogen-bond acceptors (Lipinski definition) is 5. The van der Waals surface area contributed by atoms with Crippen LogP contribution in [-0.2, 0) is 9.59 Å². The fraction of sp³-hybridized carbons (Fsp3) is 0.818. The van der Waals surface area contributed by atoms with E-state index in [1.54, 1.807) is 0 Å². The third-order valence-electron chi connectivity index (χ3n) is 2.85. The molecule has 1 saturated heterocycles. The first-order valence-corrected chi connectivity index (χ1v) is 6.19. The standard InChI is InChI=1S/C11H21N3O4/c15-7-2-9(11(17)18)13-10(16)8-14-5-1-3-12-4-6-14/h9,12,15H,1-8H2,(H,13,16)(H,17,18). The number of aliphatic hydroxyl groups is 1. The summed E-state index contributed by atoms with van der Waals surface area (Å²) in [6, 6.07) is -1.01. The van der Waals surface area contributed by atoms with Crippen molar-refractivity contribution in [3.8, 4) is 0 Å². The number of nitrogens with zero attached hydrogens (tertiary/aromatic N) is 1. The highest BCUT2D eigenvalue weighted by molar-refractivity contribution is 5.84. The van der Waals surface area contributed by atoms with E-state index < -0.39 is 12.0 Å². The van der Waals surface area contributed by atoms with Gasteiger partial charge in [-0.15, -0.1) is 0 Å². The van der Waals surface area contributed by atoms with Gasteiger partial charge in [0, 0.05) is 26.1 Å². The normalized spacial score (nSPS) is 18.9. The predicted molar refractivity (Wildman–Crippen MR) is 65.2 cm³/mol. The highest BCUT2D eigenvalue weighted by atomic mass is 16.4. The molecule has 7 nitrogen and oxygen atoms in total. The molecule has 0 aromatic carbocycles. The van der Waals surface area contributed by atoms with E-state index in [9.17, 15) is 9.59 Å². The second-order valence-corrected chi connectivity index (χ2v) is 4.35. The topological polar surface area (TPSA) is 102 Å². The largest absolute Gasteiger partial charge is 0.480 e. The molecule has 0 aliphatic carbocycles. The molecule has 4 N–H and O–H groups in total. The summed E-state index contributed by atoms with van der Waals surface area (Å²) in [6.45, 7) is 3.34. The van der Waals surface area contributed by atoms with Crippen molar-refractivity contribution in [1.82, 2.24) is 15.5 Å². The number of aliphatic carboxylic acids is 1. The molecule has 1 aliphatic heterocycles. The van der Waals surface area contributed by atoms with Gasteiger partial charge in [-0.2, -0.15) is 0 Å². The molecule has 0 aromatic heterocycles. The van der Waals surface area contributed by atoms with Crippen molar-refractivity contribution in [2.45, 2.75) is 18.9 Å². The second-order valence-electron chi connectivity index (χ2n) is 4.35. The van der Waals surface area contributed by atoms with Gasteiger partial charge >= 0.3 is 5.97 Å². The summed E-state index contributed by atoms with van der Waals surface area (Å²) in [7, 11) is 0. The van der Waals surface area contributed by atoms with Gasteiger partial charge in [-0.05, 0) is 19.5 Å². The van der Waals surface area contributed by atoms with Crippen molar-refractivity contribution in [2.24, 2.45) is 0 Å². The maximum atomic E-state index is 11.7. The summed E-state index contributed by atoms with van der Waals surface area (Å²) < 4.78 is 0. The zero-order valence-corrected chi connectivity index (χ0v) is 10.4. The quantitative estimate of drug-likeness (QED) is 0.450. The van der Waals surface area contributed by atoms with Gasteiger partial charge in [-0.25, -0.2) is 4.79 Å². The molecular weight excluding hydrogens is 238 g/mol. The van der Waals surface area contributed by atoms with Crippen molar-refractivity contribution < 1.29 is 19.8 Å². The Morgan fingerprint density at radius 2 is 2.11 bits per heavy atom. The molecular formula is C11H21N3O4. The number of carboxylic acid groups (broad SMARTS) is 1. The fourth-order valence-corrected chi connectivity index (χ4v) is 1.89. The number of nitrogens with one attached hydrogen (secondary N) is 2. The zero-order valence-electron chi connectivity index (χ0n) is 10.4. The smallest absolute Gasteiger partial charge is 0.326 e. The summed E-state index contributed by atoms with van der Waals surface area (Å²) in [4.78, 5) is 24.5. The highest BCUT2D eigenvalue weighted by Gasteiger charge is 2.20. The Morgan fingerprint density at radius 3 is 2.78 bits per heavy atom. The Hall–Kier alpha value is -1.18. The van der Waals surface area contributed by atoms with E-state index in [0.717, 1.165) is 32.6 Å². The van der Waals surface area contributed by atoms with Gasteiger partial charge in [-0.1, -0.05) is 0 Å². The maximum absolute atomic E-state index is 11.7. The molecule has 1 amide bonds.